The minimum absolute atomic E-state index is 0.0249. The smallest absolute Gasteiger partial charge is 0.374 e. The molecule has 67 heavy (non-hydrogen) atoms. The van der Waals surface area contributed by atoms with Crippen molar-refractivity contribution in [1.82, 2.24) is 25.4 Å². The van der Waals surface area contributed by atoms with Crippen molar-refractivity contribution < 1.29 is 61.1 Å². The Hall–Kier alpha value is -5.34. The summed E-state index contributed by atoms with van der Waals surface area (Å²) in [5.74, 6) is -2.20. The number of hydrogen-bond donors (Lipinski definition) is 4. The van der Waals surface area contributed by atoms with E-state index in [-0.39, 0.29) is 44.0 Å². The van der Waals surface area contributed by atoms with E-state index in [1.54, 1.807) is 0 Å². The molecule has 2 fully saturated rings. The highest BCUT2D eigenvalue weighted by Gasteiger charge is 2.51. The van der Waals surface area contributed by atoms with Gasteiger partial charge in [-0.25, -0.2) is 39.4 Å². The van der Waals surface area contributed by atoms with Crippen molar-refractivity contribution in [3.8, 4) is 23.0 Å². The fourth-order valence-corrected chi connectivity index (χ4v) is 11.0. The molecule has 2 saturated carbocycles. The van der Waals surface area contributed by atoms with Crippen LogP contribution in [0.3, 0.4) is 0 Å². The van der Waals surface area contributed by atoms with Crippen LogP contribution in [0.4, 0.5) is 45.3 Å². The maximum Gasteiger partial charge on any atom is 0.433 e. The average Bonchev–Trinajstić information content (AvgIpc) is 4.15. The molecule has 1 atom stereocenters. The SMILES string of the molecule is CC1(S(=O)(=O)Nc2nn(CC(F)F)c3c(-c4ccc(C#CC(C)(C)S(=O)(=O)C5CC5)nc4[C@H](Cc4cc(F)cc(F)c4)NC(=O)CNC4=C(C(=N)C(F)(F)F)CCC4(F)F)ccc(Cl)c23)CC1. The number of pyridine rings is 1. The van der Waals surface area contributed by atoms with Crippen molar-refractivity contribution in [1.29, 1.82) is 5.41 Å². The molecule has 0 radical (unpaired) electrons. The molecule has 12 nitrogen and oxygen atoms in total. The van der Waals surface area contributed by atoms with Crippen LogP contribution in [0.2, 0.25) is 5.02 Å². The first kappa shape index (κ1) is 49.6. The summed E-state index contributed by atoms with van der Waals surface area (Å²) in [4.78, 5) is 18.5. The zero-order valence-electron chi connectivity index (χ0n) is 35.6. The number of halogens is 10. The van der Waals surface area contributed by atoms with E-state index in [0.717, 1.165) is 16.8 Å². The normalized spacial score (nSPS) is 17.6. The van der Waals surface area contributed by atoms with Gasteiger partial charge in [0.15, 0.2) is 15.7 Å². The van der Waals surface area contributed by atoms with Crippen LogP contribution in [-0.2, 0) is 37.6 Å². The lowest BCUT2D eigenvalue weighted by molar-refractivity contribution is -0.121. The van der Waals surface area contributed by atoms with Gasteiger partial charge in [0.25, 0.3) is 12.3 Å². The number of rotatable bonds is 16. The highest BCUT2D eigenvalue weighted by Crippen LogP contribution is 2.46. The lowest BCUT2D eigenvalue weighted by Gasteiger charge is -2.24. The molecule has 0 saturated heterocycles. The molecule has 7 rings (SSSR count). The van der Waals surface area contributed by atoms with Gasteiger partial charge in [0.1, 0.15) is 34.3 Å². The Balaban J connectivity index is 1.41. The summed E-state index contributed by atoms with van der Waals surface area (Å²) in [7, 11) is -7.94. The Morgan fingerprint density at radius 1 is 1.00 bits per heavy atom. The van der Waals surface area contributed by atoms with Crippen molar-refractivity contribution in [3.63, 3.8) is 0 Å². The zero-order chi connectivity index (χ0) is 49.2. The van der Waals surface area contributed by atoms with Gasteiger partial charge in [-0.1, -0.05) is 23.6 Å². The highest BCUT2D eigenvalue weighted by molar-refractivity contribution is 7.94. The van der Waals surface area contributed by atoms with E-state index in [2.05, 4.69) is 32.0 Å². The number of carbonyl (C=O) groups is 1. The molecule has 0 spiro atoms. The van der Waals surface area contributed by atoms with Crippen LogP contribution in [0.15, 0.2) is 53.7 Å². The number of aromatic nitrogens is 3. The van der Waals surface area contributed by atoms with E-state index in [1.165, 1.54) is 45.0 Å². The second-order valence-corrected chi connectivity index (χ2v) is 22.7. The number of sulfone groups is 1. The minimum atomic E-state index is -5.30. The number of alkyl halides is 7. The van der Waals surface area contributed by atoms with Crippen LogP contribution >= 0.6 is 11.6 Å². The molecule has 1 amide bonds. The predicted molar refractivity (Wildman–Crippen MR) is 231 cm³/mol. The molecule has 0 unspecified atom stereocenters. The Morgan fingerprint density at radius 2 is 1.64 bits per heavy atom. The molecule has 2 aromatic heterocycles. The van der Waals surface area contributed by atoms with E-state index in [0.29, 0.717) is 31.7 Å². The summed E-state index contributed by atoms with van der Waals surface area (Å²) < 4.78 is 182. The third-order valence-corrected chi connectivity index (χ3v) is 17.1. The molecule has 2 aromatic carbocycles. The Kier molecular flexibility index (Phi) is 13.0. The third-order valence-electron chi connectivity index (χ3n) is 11.8. The second-order valence-electron chi connectivity index (χ2n) is 17.3. The van der Waals surface area contributed by atoms with Crippen LogP contribution in [0.5, 0.6) is 0 Å². The zero-order valence-corrected chi connectivity index (χ0v) is 38.0. The second kappa shape index (κ2) is 17.6. The topological polar surface area (TPSA) is 176 Å². The van der Waals surface area contributed by atoms with Crippen molar-refractivity contribution >= 4 is 59.8 Å². The van der Waals surface area contributed by atoms with Crippen molar-refractivity contribution in [2.75, 3.05) is 11.3 Å². The van der Waals surface area contributed by atoms with Gasteiger partial charge < -0.3 is 10.6 Å². The Labute approximate surface area is 383 Å². The molecular formula is C43H41ClF9N7O5S2. The summed E-state index contributed by atoms with van der Waals surface area (Å²) in [6, 6.07) is 6.02. The van der Waals surface area contributed by atoms with Gasteiger partial charge in [-0.2, -0.15) is 27.1 Å². The van der Waals surface area contributed by atoms with Gasteiger partial charge in [0, 0.05) is 29.2 Å². The molecular weight excluding hydrogens is 965 g/mol. The maximum atomic E-state index is 15.0. The first-order chi connectivity index (χ1) is 31.0. The van der Waals surface area contributed by atoms with Crippen molar-refractivity contribution in [2.24, 2.45) is 0 Å². The van der Waals surface area contributed by atoms with Gasteiger partial charge in [-0.3, -0.25) is 19.6 Å². The van der Waals surface area contributed by atoms with Crippen LogP contribution in [0.1, 0.15) is 82.3 Å². The lowest BCUT2D eigenvalue weighted by Crippen LogP contribution is -2.40. The minimum Gasteiger partial charge on any atom is -0.374 e. The summed E-state index contributed by atoms with van der Waals surface area (Å²) in [6.45, 7) is 1.99. The first-order valence-electron chi connectivity index (χ1n) is 20.6. The Bertz CT molecular complexity index is 2990. The molecule has 0 aliphatic heterocycles. The summed E-state index contributed by atoms with van der Waals surface area (Å²) in [5, 5.41) is 15.3. The van der Waals surface area contributed by atoms with Gasteiger partial charge in [-0.15, -0.1) is 0 Å². The van der Waals surface area contributed by atoms with Crippen molar-refractivity contribution in [2.45, 2.75) is 112 Å². The number of nitrogens with one attached hydrogen (secondary N) is 4. The molecule has 3 aliphatic carbocycles. The summed E-state index contributed by atoms with van der Waals surface area (Å²) >= 11 is 6.65. The standard InChI is InChI=1S/C43H41ClF9N7O5S2/c1-40(2,66(62,63)26-5-6-26)12-10-25-4-7-27(28-8-9-30(44)34-36(28)60(21-32(47)48)58-39(34)59-67(64,65)41(3)14-15-41)35(56-25)31(18-22-16-23(45)19-24(46)17-22)57-33(61)20-55-38-29(11-13-42(38,49)50)37(54)43(51,52)53/h4,7-9,16-17,19,26,31-32,54-55H,5-6,11,13-15,18,20-21H2,1-3H3,(H,57,61)(H,58,59)/t31-/m0/s1. The number of allylic oxidation sites excluding steroid dienone is 2. The fraction of sp³-hybridized carbons (Fsp3) is 0.442. The number of benzene rings is 2. The van der Waals surface area contributed by atoms with Crippen LogP contribution in [0, 0.1) is 28.9 Å². The summed E-state index contributed by atoms with van der Waals surface area (Å²) in [6.07, 6.45) is -9.42. The van der Waals surface area contributed by atoms with Crippen LogP contribution in [-0.4, -0.2) is 83.0 Å². The molecule has 360 valence electrons. The average molecular weight is 1010 g/mol. The number of carbonyl (C=O) groups excluding carboxylic acids is 1. The fourth-order valence-electron chi connectivity index (χ4n) is 7.65. The number of sulfonamides is 1. The molecule has 2 heterocycles. The number of amides is 1. The Morgan fingerprint density at radius 3 is 2.24 bits per heavy atom. The molecule has 4 aromatic rings. The quantitative estimate of drug-likeness (QED) is 0.0491. The highest BCUT2D eigenvalue weighted by atomic mass is 35.5. The third kappa shape index (κ3) is 10.3. The molecule has 3 aliphatic rings. The van der Waals surface area contributed by atoms with Gasteiger partial charge in [0.2, 0.25) is 15.9 Å². The van der Waals surface area contributed by atoms with E-state index in [4.69, 9.17) is 17.0 Å². The number of fused-ring (bicyclic) bond motifs is 1. The van der Waals surface area contributed by atoms with Crippen molar-refractivity contribution in [3.05, 3.63) is 87.3 Å². The molecule has 4 N–H and O–H groups in total. The van der Waals surface area contributed by atoms with Crippen LogP contribution < -0.4 is 15.4 Å². The molecule has 0 bridgehead atoms. The number of anilines is 1. The van der Waals surface area contributed by atoms with E-state index < -0.39 is 132 Å². The predicted octanol–water partition coefficient (Wildman–Crippen LogP) is 8.55. The number of hydrogen-bond acceptors (Lipinski definition) is 9. The van der Waals surface area contributed by atoms with E-state index in [9.17, 15) is 61.1 Å². The monoisotopic (exact) mass is 1010 g/mol. The van der Waals surface area contributed by atoms with Gasteiger partial charge in [-0.05, 0) is 101 Å². The largest absolute Gasteiger partial charge is 0.433 e. The maximum absolute atomic E-state index is 15.0. The van der Waals surface area contributed by atoms with E-state index >= 15 is 0 Å². The lowest BCUT2D eigenvalue weighted by atomic mass is 9.93. The van der Waals surface area contributed by atoms with Crippen LogP contribution in [0.25, 0.3) is 22.0 Å². The number of nitrogens with zero attached hydrogens (tertiary/aromatic N) is 3. The van der Waals surface area contributed by atoms with Gasteiger partial charge >= 0.3 is 6.18 Å². The summed E-state index contributed by atoms with van der Waals surface area (Å²) in [5.41, 5.74) is -5.20. The van der Waals surface area contributed by atoms with E-state index in [1.807, 2.05) is 5.32 Å². The first-order valence-corrected chi connectivity index (χ1v) is 24.0. The molecule has 24 heteroatoms. The van der Waals surface area contributed by atoms with Gasteiger partial charge in [0.05, 0.1) is 49.9 Å².